The monoisotopic (exact) mass is 187 g/mol. The SMILES string of the molecule is CCCCCCC(=O)OCCC[O]. The van der Waals surface area contributed by atoms with Crippen LogP contribution in [0, 0.1) is 0 Å². The minimum absolute atomic E-state index is 0.162. The van der Waals surface area contributed by atoms with Crippen LogP contribution in [0.4, 0.5) is 0 Å². The van der Waals surface area contributed by atoms with Gasteiger partial charge in [0.2, 0.25) is 0 Å². The van der Waals surface area contributed by atoms with Crippen molar-refractivity contribution in [3.63, 3.8) is 0 Å². The summed E-state index contributed by atoms with van der Waals surface area (Å²) in [6.45, 7) is 2.26. The molecule has 0 atom stereocenters. The number of esters is 1. The first-order valence-corrected chi connectivity index (χ1v) is 5.05. The molecular formula is C10H19O3. The number of carbonyl (C=O) groups is 1. The third-order valence-electron chi connectivity index (χ3n) is 1.79. The van der Waals surface area contributed by atoms with E-state index in [1.807, 2.05) is 0 Å². The van der Waals surface area contributed by atoms with E-state index in [2.05, 4.69) is 6.92 Å². The largest absolute Gasteiger partial charge is 0.466 e. The summed E-state index contributed by atoms with van der Waals surface area (Å²) in [5.74, 6) is -0.162. The maximum Gasteiger partial charge on any atom is 0.305 e. The Balaban J connectivity index is 3.11. The average Bonchev–Trinajstić information content (AvgIpc) is 2.13. The van der Waals surface area contributed by atoms with Crippen molar-refractivity contribution < 1.29 is 14.6 Å². The quantitative estimate of drug-likeness (QED) is 0.432. The zero-order valence-corrected chi connectivity index (χ0v) is 8.38. The zero-order chi connectivity index (χ0) is 9.94. The molecule has 3 heteroatoms. The fourth-order valence-electron chi connectivity index (χ4n) is 1.01. The highest BCUT2D eigenvalue weighted by Gasteiger charge is 2.01. The molecule has 0 saturated carbocycles. The minimum Gasteiger partial charge on any atom is -0.466 e. The lowest BCUT2D eigenvalue weighted by Crippen LogP contribution is -2.06. The van der Waals surface area contributed by atoms with E-state index in [9.17, 15) is 9.90 Å². The van der Waals surface area contributed by atoms with Crippen LogP contribution < -0.4 is 0 Å². The van der Waals surface area contributed by atoms with Gasteiger partial charge in [0.1, 0.15) is 0 Å². The van der Waals surface area contributed by atoms with Crippen LogP contribution in [-0.2, 0) is 14.6 Å². The number of rotatable bonds is 8. The topological polar surface area (TPSA) is 46.2 Å². The molecule has 0 saturated heterocycles. The van der Waals surface area contributed by atoms with Gasteiger partial charge in [-0.2, -0.15) is 0 Å². The molecule has 0 N–H and O–H groups in total. The Hall–Kier alpha value is -0.570. The van der Waals surface area contributed by atoms with Gasteiger partial charge in [0, 0.05) is 12.8 Å². The van der Waals surface area contributed by atoms with Crippen molar-refractivity contribution in [2.24, 2.45) is 0 Å². The molecule has 0 fully saturated rings. The third-order valence-corrected chi connectivity index (χ3v) is 1.79. The summed E-state index contributed by atoms with van der Waals surface area (Å²) >= 11 is 0. The lowest BCUT2D eigenvalue weighted by atomic mass is 10.2. The van der Waals surface area contributed by atoms with Gasteiger partial charge < -0.3 is 4.74 Å². The number of hydrogen-bond donors (Lipinski definition) is 0. The van der Waals surface area contributed by atoms with Crippen LogP contribution in [0.5, 0.6) is 0 Å². The van der Waals surface area contributed by atoms with Gasteiger partial charge in [0.15, 0.2) is 0 Å². The minimum atomic E-state index is -0.164. The Morgan fingerprint density at radius 1 is 1.15 bits per heavy atom. The third kappa shape index (κ3) is 9.34. The van der Waals surface area contributed by atoms with Gasteiger partial charge >= 0.3 is 5.97 Å². The molecule has 0 aliphatic carbocycles. The maximum absolute atomic E-state index is 11.0. The second-order valence-electron chi connectivity index (χ2n) is 3.09. The number of carbonyl (C=O) groups excluding carboxylic acids is 1. The van der Waals surface area contributed by atoms with Gasteiger partial charge in [-0.1, -0.05) is 26.2 Å². The summed E-state index contributed by atoms with van der Waals surface area (Å²) in [5.41, 5.74) is 0. The maximum atomic E-state index is 11.0. The molecule has 13 heavy (non-hydrogen) atoms. The predicted octanol–water partition coefficient (Wildman–Crippen LogP) is 2.32. The lowest BCUT2D eigenvalue weighted by molar-refractivity contribution is -0.144. The normalized spacial score (nSPS) is 10.0. The Bertz CT molecular complexity index is 123. The summed E-state index contributed by atoms with van der Waals surface area (Å²) in [7, 11) is 0. The van der Waals surface area contributed by atoms with Gasteiger partial charge in [-0.05, 0) is 6.42 Å². The van der Waals surface area contributed by atoms with Crippen molar-refractivity contribution in [2.45, 2.75) is 45.4 Å². The van der Waals surface area contributed by atoms with Crippen LogP contribution in [-0.4, -0.2) is 19.2 Å². The van der Waals surface area contributed by atoms with Gasteiger partial charge in [-0.15, -0.1) is 0 Å². The van der Waals surface area contributed by atoms with Crippen LogP contribution in [0.15, 0.2) is 0 Å². The average molecular weight is 187 g/mol. The molecule has 0 aliphatic heterocycles. The second-order valence-corrected chi connectivity index (χ2v) is 3.09. The highest BCUT2D eigenvalue weighted by molar-refractivity contribution is 5.69. The molecule has 0 aromatic rings. The van der Waals surface area contributed by atoms with E-state index in [0.29, 0.717) is 12.8 Å². The molecule has 3 nitrogen and oxygen atoms in total. The molecule has 0 bridgehead atoms. The Morgan fingerprint density at radius 3 is 2.54 bits per heavy atom. The lowest BCUT2D eigenvalue weighted by Gasteiger charge is -2.02. The standard InChI is InChI=1S/C10H19O3/c1-2-3-4-5-7-10(12)13-9-6-8-11/h2-9H2,1H3. The van der Waals surface area contributed by atoms with E-state index >= 15 is 0 Å². The Morgan fingerprint density at radius 2 is 1.92 bits per heavy atom. The molecule has 0 spiro atoms. The van der Waals surface area contributed by atoms with Crippen molar-refractivity contribution in [3.05, 3.63) is 0 Å². The molecule has 0 heterocycles. The molecule has 0 aromatic heterocycles. The summed E-state index contributed by atoms with van der Waals surface area (Å²) < 4.78 is 4.82. The smallest absolute Gasteiger partial charge is 0.305 e. The van der Waals surface area contributed by atoms with Crippen molar-refractivity contribution in [3.8, 4) is 0 Å². The van der Waals surface area contributed by atoms with Crippen molar-refractivity contribution in [2.75, 3.05) is 13.2 Å². The van der Waals surface area contributed by atoms with E-state index < -0.39 is 0 Å². The summed E-state index contributed by atoms with van der Waals surface area (Å²) in [4.78, 5) is 11.0. The first-order valence-electron chi connectivity index (χ1n) is 5.05. The molecule has 0 amide bonds. The van der Waals surface area contributed by atoms with Crippen molar-refractivity contribution in [1.29, 1.82) is 0 Å². The summed E-state index contributed by atoms with van der Waals surface area (Å²) in [5, 5.41) is 10.0. The zero-order valence-electron chi connectivity index (χ0n) is 8.38. The molecule has 0 aliphatic rings. The van der Waals surface area contributed by atoms with E-state index in [0.717, 1.165) is 12.8 Å². The molecular weight excluding hydrogens is 168 g/mol. The number of unbranched alkanes of at least 4 members (excludes halogenated alkanes) is 3. The van der Waals surface area contributed by atoms with Gasteiger partial charge in [0.25, 0.3) is 0 Å². The highest BCUT2D eigenvalue weighted by Crippen LogP contribution is 2.03. The van der Waals surface area contributed by atoms with Crippen LogP contribution in [0.1, 0.15) is 45.4 Å². The second kappa shape index (κ2) is 9.52. The number of ether oxygens (including phenoxy) is 1. The Kier molecular flexibility index (Phi) is 9.10. The molecule has 1 radical (unpaired) electrons. The molecule has 77 valence electrons. The van der Waals surface area contributed by atoms with Crippen molar-refractivity contribution >= 4 is 5.97 Å². The van der Waals surface area contributed by atoms with Crippen LogP contribution in [0.3, 0.4) is 0 Å². The fourth-order valence-corrected chi connectivity index (χ4v) is 1.01. The van der Waals surface area contributed by atoms with Gasteiger partial charge in [0.05, 0.1) is 13.2 Å². The van der Waals surface area contributed by atoms with E-state index in [4.69, 9.17) is 4.74 Å². The first-order chi connectivity index (χ1) is 6.31. The summed E-state index contributed by atoms with van der Waals surface area (Å²) in [6, 6.07) is 0. The first kappa shape index (κ1) is 12.4. The predicted molar refractivity (Wildman–Crippen MR) is 49.9 cm³/mol. The van der Waals surface area contributed by atoms with Gasteiger partial charge in [-0.25, -0.2) is 5.11 Å². The Labute approximate surface area is 80.1 Å². The highest BCUT2D eigenvalue weighted by atomic mass is 16.5. The molecule has 0 rings (SSSR count). The molecule has 0 unspecified atom stereocenters. The van der Waals surface area contributed by atoms with Gasteiger partial charge in [-0.3, -0.25) is 4.79 Å². The van der Waals surface area contributed by atoms with E-state index in [1.165, 1.54) is 12.8 Å². The fraction of sp³-hybridized carbons (Fsp3) is 0.900. The molecule has 0 aromatic carbocycles. The van der Waals surface area contributed by atoms with Crippen LogP contribution >= 0.6 is 0 Å². The summed E-state index contributed by atoms with van der Waals surface area (Å²) in [6.07, 6.45) is 5.27. The van der Waals surface area contributed by atoms with Crippen LogP contribution in [0.25, 0.3) is 0 Å². The number of hydrogen-bond acceptors (Lipinski definition) is 2. The van der Waals surface area contributed by atoms with E-state index in [-0.39, 0.29) is 19.2 Å². The van der Waals surface area contributed by atoms with E-state index in [1.54, 1.807) is 0 Å². The van der Waals surface area contributed by atoms with Crippen LogP contribution in [0.2, 0.25) is 0 Å². The van der Waals surface area contributed by atoms with Crippen molar-refractivity contribution in [1.82, 2.24) is 0 Å².